The number of hydrogen-bond acceptors (Lipinski definition) is 5. The highest BCUT2D eigenvalue weighted by Gasteiger charge is 2.28. The van der Waals surface area contributed by atoms with Crippen molar-refractivity contribution in [3.63, 3.8) is 0 Å². The van der Waals surface area contributed by atoms with Gasteiger partial charge >= 0.3 is 0 Å². The van der Waals surface area contributed by atoms with Crippen molar-refractivity contribution in [2.24, 2.45) is 0 Å². The third kappa shape index (κ3) is 2.20. The Morgan fingerprint density at radius 3 is 2.82 bits per heavy atom. The zero-order chi connectivity index (χ0) is 11.8. The lowest BCUT2D eigenvalue weighted by molar-refractivity contribution is 0.193. The Kier molecular flexibility index (Phi) is 2.63. The molecule has 92 valence electrons. The van der Waals surface area contributed by atoms with Crippen LogP contribution in [0.3, 0.4) is 0 Å². The molecule has 1 aromatic rings. The zero-order valence-electron chi connectivity index (χ0n) is 10.1. The maximum Gasteiger partial charge on any atom is 0.136 e. The number of rotatable bonds is 3. The Morgan fingerprint density at radius 1 is 1.35 bits per heavy atom. The van der Waals surface area contributed by atoms with Crippen molar-refractivity contribution in [1.29, 1.82) is 0 Å². The summed E-state index contributed by atoms with van der Waals surface area (Å²) >= 11 is 0. The van der Waals surface area contributed by atoms with Crippen molar-refractivity contribution < 1.29 is 4.74 Å². The first-order valence-electron chi connectivity index (χ1n) is 6.19. The van der Waals surface area contributed by atoms with Crippen LogP contribution in [0.15, 0.2) is 6.07 Å². The van der Waals surface area contributed by atoms with Gasteiger partial charge < -0.3 is 15.4 Å². The van der Waals surface area contributed by atoms with Crippen molar-refractivity contribution in [2.75, 3.05) is 30.9 Å². The van der Waals surface area contributed by atoms with Gasteiger partial charge in [-0.05, 0) is 19.3 Å². The summed E-state index contributed by atoms with van der Waals surface area (Å²) in [6.45, 7) is 1.62. The molecule has 5 heteroatoms. The predicted molar refractivity (Wildman–Crippen MR) is 66.0 cm³/mol. The van der Waals surface area contributed by atoms with Gasteiger partial charge in [-0.2, -0.15) is 0 Å². The molecule has 2 fully saturated rings. The standard InChI is InChI=1S/C12H18N4O/c1-16(9-4-5-17-7-9)11-6-10(13)14-12(15-11)8-2-3-8/h6,8-9H,2-5,7H2,1H3,(H2,13,14,15). The molecule has 2 aliphatic rings. The summed E-state index contributed by atoms with van der Waals surface area (Å²) in [6.07, 6.45) is 3.44. The van der Waals surface area contributed by atoms with Gasteiger partial charge in [0.15, 0.2) is 0 Å². The van der Waals surface area contributed by atoms with Crippen LogP contribution in [0.5, 0.6) is 0 Å². The average molecular weight is 234 g/mol. The van der Waals surface area contributed by atoms with E-state index in [1.807, 2.05) is 6.07 Å². The van der Waals surface area contributed by atoms with Crippen molar-refractivity contribution in [3.8, 4) is 0 Å². The fourth-order valence-corrected chi connectivity index (χ4v) is 2.19. The highest BCUT2D eigenvalue weighted by Crippen LogP contribution is 2.39. The van der Waals surface area contributed by atoms with Crippen molar-refractivity contribution >= 4 is 11.6 Å². The van der Waals surface area contributed by atoms with E-state index in [0.717, 1.165) is 31.3 Å². The third-order valence-corrected chi connectivity index (χ3v) is 3.51. The monoisotopic (exact) mass is 234 g/mol. The topological polar surface area (TPSA) is 64.3 Å². The van der Waals surface area contributed by atoms with Crippen molar-refractivity contribution in [1.82, 2.24) is 9.97 Å². The molecule has 3 rings (SSSR count). The smallest absolute Gasteiger partial charge is 0.136 e. The molecular weight excluding hydrogens is 216 g/mol. The molecule has 0 aromatic carbocycles. The number of ether oxygens (including phenoxy) is 1. The molecule has 0 spiro atoms. The molecule has 1 aromatic heterocycles. The van der Waals surface area contributed by atoms with Gasteiger partial charge in [0.05, 0.1) is 12.6 Å². The lowest BCUT2D eigenvalue weighted by Gasteiger charge is -2.24. The van der Waals surface area contributed by atoms with Gasteiger partial charge in [-0.25, -0.2) is 9.97 Å². The highest BCUT2D eigenvalue weighted by atomic mass is 16.5. The summed E-state index contributed by atoms with van der Waals surface area (Å²) in [6, 6.07) is 2.26. The van der Waals surface area contributed by atoms with Crippen LogP contribution in [-0.2, 0) is 4.74 Å². The first kappa shape index (κ1) is 10.8. The molecular formula is C12H18N4O. The van der Waals surface area contributed by atoms with E-state index in [1.165, 1.54) is 12.8 Å². The highest BCUT2D eigenvalue weighted by molar-refractivity contribution is 5.48. The summed E-state index contributed by atoms with van der Waals surface area (Å²) in [7, 11) is 2.05. The van der Waals surface area contributed by atoms with Crippen LogP contribution in [0.4, 0.5) is 11.6 Å². The summed E-state index contributed by atoms with van der Waals surface area (Å²) in [5, 5.41) is 0. The molecule has 5 nitrogen and oxygen atoms in total. The van der Waals surface area contributed by atoms with Crippen LogP contribution in [0.25, 0.3) is 0 Å². The van der Waals surface area contributed by atoms with Crippen molar-refractivity contribution in [3.05, 3.63) is 11.9 Å². The van der Waals surface area contributed by atoms with Crippen LogP contribution < -0.4 is 10.6 Å². The molecule has 1 saturated heterocycles. The Balaban J connectivity index is 1.85. The Hall–Kier alpha value is -1.36. The second-order valence-corrected chi connectivity index (χ2v) is 4.91. The second kappa shape index (κ2) is 4.14. The molecule has 2 heterocycles. The van der Waals surface area contributed by atoms with Crippen molar-refractivity contribution in [2.45, 2.75) is 31.2 Å². The fourth-order valence-electron chi connectivity index (χ4n) is 2.19. The molecule has 2 N–H and O–H groups in total. The van der Waals surface area contributed by atoms with E-state index in [2.05, 4.69) is 21.9 Å². The molecule has 0 amide bonds. The fraction of sp³-hybridized carbons (Fsp3) is 0.667. The first-order chi connectivity index (χ1) is 8.24. The summed E-state index contributed by atoms with van der Waals surface area (Å²) in [5.74, 6) is 2.94. The minimum Gasteiger partial charge on any atom is -0.384 e. The van der Waals surface area contributed by atoms with E-state index >= 15 is 0 Å². The first-order valence-corrected chi connectivity index (χ1v) is 6.19. The van der Waals surface area contributed by atoms with E-state index in [1.54, 1.807) is 0 Å². The van der Waals surface area contributed by atoms with E-state index in [9.17, 15) is 0 Å². The number of hydrogen-bond donors (Lipinski definition) is 1. The number of nitrogen functional groups attached to an aromatic ring is 1. The number of likely N-dealkylation sites (N-methyl/N-ethyl adjacent to an activating group) is 1. The predicted octanol–water partition coefficient (Wildman–Crippen LogP) is 1.16. The quantitative estimate of drug-likeness (QED) is 0.850. The third-order valence-electron chi connectivity index (χ3n) is 3.51. The van der Waals surface area contributed by atoms with Gasteiger partial charge in [0, 0.05) is 25.6 Å². The lowest BCUT2D eigenvalue weighted by Crippen LogP contribution is -2.32. The normalized spacial score (nSPS) is 23.9. The largest absolute Gasteiger partial charge is 0.384 e. The molecule has 0 bridgehead atoms. The second-order valence-electron chi connectivity index (χ2n) is 4.91. The SMILES string of the molecule is CN(c1cc(N)nc(C2CC2)n1)C1CCOC1. The zero-order valence-corrected chi connectivity index (χ0v) is 10.1. The molecule has 1 saturated carbocycles. The molecule has 1 aliphatic heterocycles. The van der Waals surface area contributed by atoms with Crippen LogP contribution in [0.2, 0.25) is 0 Å². The van der Waals surface area contributed by atoms with Crippen LogP contribution in [0, 0.1) is 0 Å². The molecule has 1 unspecified atom stereocenters. The van der Waals surface area contributed by atoms with Crippen LogP contribution in [0.1, 0.15) is 31.0 Å². The number of anilines is 2. The van der Waals surface area contributed by atoms with Gasteiger partial charge in [0.2, 0.25) is 0 Å². The molecule has 17 heavy (non-hydrogen) atoms. The van der Waals surface area contributed by atoms with E-state index in [0.29, 0.717) is 17.8 Å². The number of aromatic nitrogens is 2. The minimum absolute atomic E-state index is 0.413. The molecule has 0 radical (unpaired) electrons. The van der Waals surface area contributed by atoms with E-state index in [-0.39, 0.29) is 0 Å². The van der Waals surface area contributed by atoms with Gasteiger partial charge in [0.25, 0.3) is 0 Å². The van der Waals surface area contributed by atoms with Crippen LogP contribution >= 0.6 is 0 Å². The summed E-state index contributed by atoms with van der Waals surface area (Å²) in [5.41, 5.74) is 5.85. The summed E-state index contributed by atoms with van der Waals surface area (Å²) in [4.78, 5) is 11.1. The average Bonchev–Trinajstić information content (AvgIpc) is 3.03. The maximum atomic E-state index is 5.85. The Morgan fingerprint density at radius 2 is 2.18 bits per heavy atom. The van der Waals surface area contributed by atoms with Crippen LogP contribution in [-0.4, -0.2) is 36.3 Å². The maximum absolute atomic E-state index is 5.85. The molecule has 1 atom stereocenters. The van der Waals surface area contributed by atoms with E-state index in [4.69, 9.17) is 10.5 Å². The lowest BCUT2D eigenvalue weighted by atomic mass is 10.2. The van der Waals surface area contributed by atoms with Gasteiger partial charge in [0.1, 0.15) is 17.5 Å². The number of nitrogens with zero attached hydrogens (tertiary/aromatic N) is 3. The van der Waals surface area contributed by atoms with E-state index < -0.39 is 0 Å². The molecule has 1 aliphatic carbocycles. The minimum atomic E-state index is 0.413. The van der Waals surface area contributed by atoms with Gasteiger partial charge in [-0.15, -0.1) is 0 Å². The Bertz CT molecular complexity index is 413. The van der Waals surface area contributed by atoms with Gasteiger partial charge in [-0.1, -0.05) is 0 Å². The number of nitrogens with two attached hydrogens (primary N) is 1. The van der Waals surface area contributed by atoms with Gasteiger partial charge in [-0.3, -0.25) is 0 Å². The summed E-state index contributed by atoms with van der Waals surface area (Å²) < 4.78 is 5.40. The Labute approximate surface area is 101 Å².